The number of benzene rings is 3. The monoisotopic (exact) mass is 393 g/mol. The highest BCUT2D eigenvalue weighted by Gasteiger charge is 2.23. The topological polar surface area (TPSA) is 47.6 Å². The molecule has 0 fully saturated rings. The first-order valence-corrected chi connectivity index (χ1v) is 9.97. The van der Waals surface area contributed by atoms with E-state index in [0.717, 1.165) is 16.2 Å². The van der Waals surface area contributed by atoms with Gasteiger partial charge in [0, 0.05) is 4.90 Å². The number of carbonyl (C=O) groups is 1. The van der Waals surface area contributed by atoms with Crippen LogP contribution in [0, 0.1) is 0 Å². The second-order valence-corrected chi connectivity index (χ2v) is 7.18. The second kappa shape index (κ2) is 9.85. The van der Waals surface area contributed by atoms with E-state index in [1.807, 2.05) is 85.8 Å². The van der Waals surface area contributed by atoms with Crippen LogP contribution in [-0.4, -0.2) is 19.6 Å². The minimum Gasteiger partial charge on any atom is -0.497 e. The second-order valence-electron chi connectivity index (χ2n) is 6.01. The summed E-state index contributed by atoms with van der Waals surface area (Å²) in [6.07, 6.45) is 0. The number of nitrogens with one attached hydrogen (secondary N) is 1. The van der Waals surface area contributed by atoms with Crippen molar-refractivity contribution in [2.75, 3.05) is 19.0 Å². The van der Waals surface area contributed by atoms with Crippen molar-refractivity contribution in [2.24, 2.45) is 0 Å². The summed E-state index contributed by atoms with van der Waals surface area (Å²) in [5, 5.41) is 2.61. The fourth-order valence-electron chi connectivity index (χ4n) is 2.76. The molecule has 3 rings (SSSR count). The standard InChI is InChI=1S/C23H23NO3S/c1-3-27-21-15-8-7-14-20(21)24-23(25)22(17-10-5-4-6-11-17)28-19-13-9-12-18(16-19)26-2/h4-16,22H,3H2,1-2H3,(H,24,25). The molecule has 28 heavy (non-hydrogen) atoms. The predicted molar refractivity (Wildman–Crippen MR) is 114 cm³/mol. The number of para-hydroxylation sites is 2. The Morgan fingerprint density at radius 2 is 1.75 bits per heavy atom. The maximum atomic E-state index is 13.2. The van der Waals surface area contributed by atoms with E-state index in [0.29, 0.717) is 18.0 Å². The summed E-state index contributed by atoms with van der Waals surface area (Å²) in [4.78, 5) is 14.2. The van der Waals surface area contributed by atoms with Gasteiger partial charge in [0.25, 0.3) is 0 Å². The van der Waals surface area contributed by atoms with Gasteiger partial charge in [-0.3, -0.25) is 4.79 Å². The molecule has 0 aromatic heterocycles. The number of ether oxygens (including phenoxy) is 2. The summed E-state index contributed by atoms with van der Waals surface area (Å²) in [5.74, 6) is 1.32. The number of anilines is 1. The van der Waals surface area contributed by atoms with E-state index in [4.69, 9.17) is 9.47 Å². The third-order valence-electron chi connectivity index (χ3n) is 4.08. The molecule has 0 saturated heterocycles. The lowest BCUT2D eigenvalue weighted by Gasteiger charge is -2.18. The summed E-state index contributed by atoms with van der Waals surface area (Å²) in [5.41, 5.74) is 1.60. The number of hydrogen-bond acceptors (Lipinski definition) is 4. The van der Waals surface area contributed by atoms with Gasteiger partial charge in [0.2, 0.25) is 5.91 Å². The van der Waals surface area contributed by atoms with E-state index in [1.165, 1.54) is 11.8 Å². The van der Waals surface area contributed by atoms with Gasteiger partial charge in [-0.1, -0.05) is 48.5 Å². The molecule has 144 valence electrons. The lowest BCUT2D eigenvalue weighted by atomic mass is 10.1. The molecule has 0 aliphatic rings. The number of carbonyl (C=O) groups excluding carboxylic acids is 1. The molecule has 0 heterocycles. The molecular formula is C23H23NO3S. The molecule has 4 nitrogen and oxygen atoms in total. The maximum Gasteiger partial charge on any atom is 0.242 e. The average Bonchev–Trinajstić information content (AvgIpc) is 2.74. The summed E-state index contributed by atoms with van der Waals surface area (Å²) in [6, 6.07) is 24.9. The quantitative estimate of drug-likeness (QED) is 0.509. The third-order valence-corrected chi connectivity index (χ3v) is 5.33. The van der Waals surface area contributed by atoms with E-state index in [2.05, 4.69) is 5.32 Å². The molecule has 0 aliphatic carbocycles. The van der Waals surface area contributed by atoms with E-state index < -0.39 is 5.25 Å². The number of hydrogen-bond donors (Lipinski definition) is 1. The highest BCUT2D eigenvalue weighted by atomic mass is 32.2. The van der Waals surface area contributed by atoms with Crippen LogP contribution in [0.15, 0.2) is 83.8 Å². The van der Waals surface area contributed by atoms with Crippen molar-refractivity contribution in [3.63, 3.8) is 0 Å². The number of methoxy groups -OCH3 is 1. The van der Waals surface area contributed by atoms with Crippen LogP contribution in [0.25, 0.3) is 0 Å². The molecule has 1 atom stereocenters. The van der Waals surface area contributed by atoms with Crippen LogP contribution in [-0.2, 0) is 4.79 Å². The zero-order valence-electron chi connectivity index (χ0n) is 15.9. The van der Waals surface area contributed by atoms with Crippen molar-refractivity contribution in [2.45, 2.75) is 17.1 Å². The lowest BCUT2D eigenvalue weighted by molar-refractivity contribution is -0.115. The normalized spacial score (nSPS) is 11.5. The molecule has 0 bridgehead atoms. The Labute approximate surface area is 169 Å². The molecule has 1 N–H and O–H groups in total. The molecule has 0 saturated carbocycles. The Balaban J connectivity index is 1.87. The van der Waals surface area contributed by atoms with Gasteiger partial charge >= 0.3 is 0 Å². The number of thioether (sulfide) groups is 1. The van der Waals surface area contributed by atoms with Gasteiger partial charge in [0.1, 0.15) is 16.7 Å². The van der Waals surface area contributed by atoms with Crippen LogP contribution in [0.1, 0.15) is 17.7 Å². The molecule has 0 aliphatic heterocycles. The highest BCUT2D eigenvalue weighted by Crippen LogP contribution is 2.38. The van der Waals surface area contributed by atoms with E-state index >= 15 is 0 Å². The van der Waals surface area contributed by atoms with E-state index in [1.54, 1.807) is 7.11 Å². The summed E-state index contributed by atoms with van der Waals surface area (Å²) >= 11 is 1.49. The van der Waals surface area contributed by atoms with Gasteiger partial charge in [-0.05, 0) is 42.8 Å². The molecule has 1 amide bonds. The molecule has 0 radical (unpaired) electrons. The van der Waals surface area contributed by atoms with Crippen LogP contribution < -0.4 is 14.8 Å². The van der Waals surface area contributed by atoms with Crippen molar-refractivity contribution >= 4 is 23.4 Å². The first-order valence-electron chi connectivity index (χ1n) is 9.09. The molecule has 5 heteroatoms. The SMILES string of the molecule is CCOc1ccccc1NC(=O)C(Sc1cccc(OC)c1)c1ccccc1. The van der Waals surface area contributed by atoms with E-state index in [-0.39, 0.29) is 5.91 Å². The smallest absolute Gasteiger partial charge is 0.242 e. The third kappa shape index (κ3) is 5.08. The zero-order chi connectivity index (χ0) is 19.8. The summed E-state index contributed by atoms with van der Waals surface area (Å²) < 4.78 is 10.9. The zero-order valence-corrected chi connectivity index (χ0v) is 16.7. The Bertz CT molecular complexity index is 914. The van der Waals surface area contributed by atoms with Crippen molar-refractivity contribution in [1.29, 1.82) is 0 Å². The molecule has 3 aromatic rings. The first-order chi connectivity index (χ1) is 13.7. The van der Waals surface area contributed by atoms with E-state index in [9.17, 15) is 4.79 Å². The van der Waals surface area contributed by atoms with Crippen LogP contribution in [0.4, 0.5) is 5.69 Å². The maximum absolute atomic E-state index is 13.2. The predicted octanol–water partition coefficient (Wildman–Crippen LogP) is 5.57. The van der Waals surface area contributed by atoms with Gasteiger partial charge in [-0.2, -0.15) is 0 Å². The number of amides is 1. The largest absolute Gasteiger partial charge is 0.497 e. The average molecular weight is 394 g/mol. The molecule has 3 aromatic carbocycles. The molecule has 0 spiro atoms. The van der Waals surface area contributed by atoms with Gasteiger partial charge in [0.15, 0.2) is 0 Å². The van der Waals surface area contributed by atoms with Crippen LogP contribution in [0.3, 0.4) is 0 Å². The highest BCUT2D eigenvalue weighted by molar-refractivity contribution is 8.00. The summed E-state index contributed by atoms with van der Waals surface area (Å²) in [6.45, 7) is 2.46. The van der Waals surface area contributed by atoms with Gasteiger partial charge in [-0.15, -0.1) is 11.8 Å². The van der Waals surface area contributed by atoms with Crippen molar-refractivity contribution in [3.05, 3.63) is 84.4 Å². The fraction of sp³-hybridized carbons (Fsp3) is 0.174. The minimum absolute atomic E-state index is 0.105. The first kappa shape index (κ1) is 19.8. The fourth-order valence-corrected chi connectivity index (χ4v) is 3.83. The van der Waals surface area contributed by atoms with Crippen LogP contribution in [0.5, 0.6) is 11.5 Å². The van der Waals surface area contributed by atoms with Crippen molar-refractivity contribution < 1.29 is 14.3 Å². The van der Waals surface area contributed by atoms with Crippen molar-refractivity contribution in [3.8, 4) is 11.5 Å². The Kier molecular flexibility index (Phi) is 6.98. The van der Waals surface area contributed by atoms with Gasteiger partial charge in [0.05, 0.1) is 19.4 Å². The molecular weight excluding hydrogens is 370 g/mol. The van der Waals surface area contributed by atoms with Crippen LogP contribution in [0.2, 0.25) is 0 Å². The van der Waals surface area contributed by atoms with Gasteiger partial charge in [-0.25, -0.2) is 0 Å². The Morgan fingerprint density at radius 3 is 2.50 bits per heavy atom. The number of rotatable bonds is 8. The van der Waals surface area contributed by atoms with Crippen LogP contribution >= 0.6 is 11.8 Å². The molecule has 1 unspecified atom stereocenters. The van der Waals surface area contributed by atoms with Crippen molar-refractivity contribution in [1.82, 2.24) is 0 Å². The Hall–Kier alpha value is -2.92. The Morgan fingerprint density at radius 1 is 1.00 bits per heavy atom. The van der Waals surface area contributed by atoms with Gasteiger partial charge < -0.3 is 14.8 Å². The lowest BCUT2D eigenvalue weighted by Crippen LogP contribution is -2.19. The summed E-state index contributed by atoms with van der Waals surface area (Å²) in [7, 11) is 1.63. The minimum atomic E-state index is -0.414.